The molecule has 2 heterocycles. The van der Waals surface area contributed by atoms with Crippen molar-refractivity contribution in [3.05, 3.63) is 24.0 Å². The van der Waals surface area contributed by atoms with E-state index >= 15 is 0 Å². The maximum absolute atomic E-state index is 11.8. The summed E-state index contributed by atoms with van der Waals surface area (Å²) in [5.41, 5.74) is 1.11. The Labute approximate surface area is 96.0 Å². The molecule has 1 fully saturated rings. The van der Waals surface area contributed by atoms with Gasteiger partial charge >= 0.3 is 6.03 Å². The molecule has 0 aromatic carbocycles. The van der Waals surface area contributed by atoms with Crippen LogP contribution in [0.25, 0.3) is 0 Å². The molecule has 1 aromatic heterocycles. The van der Waals surface area contributed by atoms with E-state index in [9.17, 15) is 4.79 Å². The molecule has 1 aliphatic heterocycles. The third-order valence-corrected chi connectivity index (χ3v) is 3.18. The monoisotopic (exact) mass is 221 g/mol. The molecular formula is C12H19N3O. The van der Waals surface area contributed by atoms with Crippen LogP contribution in [-0.2, 0) is 6.54 Å². The van der Waals surface area contributed by atoms with E-state index in [0.717, 1.165) is 37.4 Å². The number of piperidine rings is 1. The van der Waals surface area contributed by atoms with Crippen LogP contribution in [0.5, 0.6) is 0 Å². The number of H-pyrrole nitrogens is 1. The first-order valence-corrected chi connectivity index (χ1v) is 5.90. The van der Waals surface area contributed by atoms with E-state index in [-0.39, 0.29) is 6.03 Å². The average Bonchev–Trinajstić information content (AvgIpc) is 2.80. The Morgan fingerprint density at radius 1 is 1.56 bits per heavy atom. The molecule has 0 atom stereocenters. The summed E-state index contributed by atoms with van der Waals surface area (Å²) >= 11 is 0. The Balaban J connectivity index is 1.75. The van der Waals surface area contributed by atoms with Gasteiger partial charge in [-0.05, 0) is 30.4 Å². The number of urea groups is 1. The Bertz CT molecular complexity index is 326. The highest BCUT2D eigenvalue weighted by Gasteiger charge is 2.19. The van der Waals surface area contributed by atoms with Gasteiger partial charge in [0.25, 0.3) is 0 Å². The van der Waals surface area contributed by atoms with Crippen molar-refractivity contribution in [1.29, 1.82) is 0 Å². The van der Waals surface area contributed by atoms with Gasteiger partial charge in [0.1, 0.15) is 0 Å². The zero-order chi connectivity index (χ0) is 11.4. The average molecular weight is 221 g/mol. The van der Waals surface area contributed by atoms with Crippen LogP contribution < -0.4 is 5.32 Å². The third-order valence-electron chi connectivity index (χ3n) is 3.18. The lowest BCUT2D eigenvalue weighted by Crippen LogP contribution is -2.43. The number of likely N-dealkylation sites (tertiary alicyclic amines) is 1. The smallest absolute Gasteiger partial charge is 0.317 e. The molecule has 1 aliphatic rings. The van der Waals surface area contributed by atoms with Crippen molar-refractivity contribution in [2.45, 2.75) is 26.3 Å². The Kier molecular flexibility index (Phi) is 3.49. The van der Waals surface area contributed by atoms with Gasteiger partial charge in [-0.3, -0.25) is 0 Å². The van der Waals surface area contributed by atoms with Crippen LogP contribution in [0.4, 0.5) is 4.79 Å². The topological polar surface area (TPSA) is 48.1 Å². The summed E-state index contributed by atoms with van der Waals surface area (Å²) in [5.74, 6) is 0.758. The quantitative estimate of drug-likeness (QED) is 0.788. The number of amides is 2. The number of carbonyl (C=O) groups excluding carboxylic acids is 1. The van der Waals surface area contributed by atoms with Gasteiger partial charge < -0.3 is 15.2 Å². The summed E-state index contributed by atoms with van der Waals surface area (Å²) in [4.78, 5) is 16.7. The molecule has 16 heavy (non-hydrogen) atoms. The van der Waals surface area contributed by atoms with Gasteiger partial charge in [-0.1, -0.05) is 6.92 Å². The molecule has 0 radical (unpaired) electrons. The van der Waals surface area contributed by atoms with Gasteiger partial charge in [-0.2, -0.15) is 0 Å². The molecule has 0 bridgehead atoms. The first kappa shape index (κ1) is 11.0. The maximum Gasteiger partial charge on any atom is 0.317 e. The second-order valence-electron chi connectivity index (χ2n) is 4.55. The van der Waals surface area contributed by atoms with E-state index in [2.05, 4.69) is 17.2 Å². The van der Waals surface area contributed by atoms with Gasteiger partial charge in [0.2, 0.25) is 0 Å². The van der Waals surface area contributed by atoms with Gasteiger partial charge in [0, 0.05) is 32.0 Å². The highest BCUT2D eigenvalue weighted by atomic mass is 16.2. The second-order valence-corrected chi connectivity index (χ2v) is 4.55. The fraction of sp³-hybridized carbons (Fsp3) is 0.583. The molecule has 0 saturated carbocycles. The first-order valence-electron chi connectivity index (χ1n) is 5.90. The summed E-state index contributed by atoms with van der Waals surface area (Å²) in [6, 6.07) is 2.03. The molecule has 2 N–H and O–H groups in total. The number of aromatic nitrogens is 1. The van der Waals surface area contributed by atoms with E-state index in [4.69, 9.17) is 0 Å². The second kappa shape index (κ2) is 5.05. The summed E-state index contributed by atoms with van der Waals surface area (Å²) in [6.45, 7) is 4.63. The number of nitrogens with one attached hydrogen (secondary N) is 2. The normalized spacial score (nSPS) is 17.4. The van der Waals surface area contributed by atoms with E-state index < -0.39 is 0 Å². The minimum Gasteiger partial charge on any atom is -0.367 e. The predicted molar refractivity (Wildman–Crippen MR) is 63.0 cm³/mol. The molecule has 0 aliphatic carbocycles. The van der Waals surface area contributed by atoms with Crippen LogP contribution >= 0.6 is 0 Å². The zero-order valence-electron chi connectivity index (χ0n) is 9.70. The highest BCUT2D eigenvalue weighted by Crippen LogP contribution is 2.15. The molecule has 2 rings (SSSR count). The van der Waals surface area contributed by atoms with E-state index in [0.29, 0.717) is 6.54 Å². The van der Waals surface area contributed by atoms with Crippen molar-refractivity contribution < 1.29 is 4.79 Å². The lowest BCUT2D eigenvalue weighted by atomic mass is 10.00. The largest absolute Gasteiger partial charge is 0.367 e. The number of carbonyl (C=O) groups is 1. The van der Waals surface area contributed by atoms with Gasteiger partial charge in [0.15, 0.2) is 0 Å². The molecule has 4 nitrogen and oxygen atoms in total. The zero-order valence-corrected chi connectivity index (χ0v) is 9.70. The molecular weight excluding hydrogens is 202 g/mol. The fourth-order valence-corrected chi connectivity index (χ4v) is 1.97. The molecule has 88 valence electrons. The van der Waals surface area contributed by atoms with Crippen LogP contribution in [0.15, 0.2) is 18.5 Å². The van der Waals surface area contributed by atoms with Crippen LogP contribution in [-0.4, -0.2) is 29.0 Å². The number of nitrogens with zero attached hydrogens (tertiary/aromatic N) is 1. The summed E-state index contributed by atoms with van der Waals surface area (Å²) in [7, 11) is 0. The summed E-state index contributed by atoms with van der Waals surface area (Å²) in [6.07, 6.45) is 6.01. The highest BCUT2D eigenvalue weighted by molar-refractivity contribution is 5.74. The first-order chi connectivity index (χ1) is 7.75. The SMILES string of the molecule is CC1CCN(C(=O)NCc2cc[nH]c2)CC1. The maximum atomic E-state index is 11.8. The predicted octanol–water partition coefficient (Wildman–Crippen LogP) is 1.96. The molecule has 4 heteroatoms. The van der Waals surface area contributed by atoms with Crippen molar-refractivity contribution >= 4 is 6.03 Å². The number of hydrogen-bond acceptors (Lipinski definition) is 1. The summed E-state index contributed by atoms with van der Waals surface area (Å²) in [5, 5.41) is 2.94. The van der Waals surface area contributed by atoms with Crippen LogP contribution in [0.2, 0.25) is 0 Å². The molecule has 0 spiro atoms. The van der Waals surface area contributed by atoms with Crippen LogP contribution in [0.3, 0.4) is 0 Å². The molecule has 0 unspecified atom stereocenters. The van der Waals surface area contributed by atoms with Crippen molar-refractivity contribution in [2.75, 3.05) is 13.1 Å². The Morgan fingerprint density at radius 2 is 2.31 bits per heavy atom. The fourth-order valence-electron chi connectivity index (χ4n) is 1.97. The van der Waals surface area contributed by atoms with Crippen molar-refractivity contribution in [3.63, 3.8) is 0 Å². The number of aromatic amines is 1. The van der Waals surface area contributed by atoms with Gasteiger partial charge in [0.05, 0.1) is 0 Å². The number of hydrogen-bond donors (Lipinski definition) is 2. The third kappa shape index (κ3) is 2.78. The van der Waals surface area contributed by atoms with Crippen LogP contribution in [0.1, 0.15) is 25.3 Å². The van der Waals surface area contributed by atoms with Crippen molar-refractivity contribution in [3.8, 4) is 0 Å². The Hall–Kier alpha value is -1.45. The van der Waals surface area contributed by atoms with Crippen molar-refractivity contribution in [2.24, 2.45) is 5.92 Å². The standard InChI is InChI=1S/C12H19N3O/c1-10-3-6-15(7-4-10)12(16)14-9-11-2-5-13-8-11/h2,5,8,10,13H,3-4,6-7,9H2,1H3,(H,14,16). The molecule has 1 aromatic rings. The minimum absolute atomic E-state index is 0.0631. The van der Waals surface area contributed by atoms with Crippen molar-refractivity contribution in [1.82, 2.24) is 15.2 Å². The molecule has 1 saturated heterocycles. The number of rotatable bonds is 2. The summed E-state index contributed by atoms with van der Waals surface area (Å²) < 4.78 is 0. The van der Waals surface area contributed by atoms with Gasteiger partial charge in [-0.25, -0.2) is 4.79 Å². The lowest BCUT2D eigenvalue weighted by molar-refractivity contribution is 0.173. The van der Waals surface area contributed by atoms with E-state index in [1.165, 1.54) is 0 Å². The van der Waals surface area contributed by atoms with E-state index in [1.807, 2.05) is 23.4 Å². The van der Waals surface area contributed by atoms with Gasteiger partial charge in [-0.15, -0.1) is 0 Å². The lowest BCUT2D eigenvalue weighted by Gasteiger charge is -2.30. The Morgan fingerprint density at radius 3 is 2.94 bits per heavy atom. The van der Waals surface area contributed by atoms with E-state index in [1.54, 1.807) is 0 Å². The van der Waals surface area contributed by atoms with Crippen LogP contribution in [0, 0.1) is 5.92 Å². The minimum atomic E-state index is 0.0631. The molecule has 2 amide bonds.